The maximum Gasteiger partial charge on any atom is 0.146 e. The lowest BCUT2D eigenvalue weighted by atomic mass is 9.87. The molecule has 24 heavy (non-hydrogen) atoms. The summed E-state index contributed by atoms with van der Waals surface area (Å²) in [5.74, 6) is 0.762. The van der Waals surface area contributed by atoms with Crippen molar-refractivity contribution < 1.29 is 4.74 Å². The molecule has 0 aliphatic carbocycles. The Labute approximate surface area is 147 Å². The monoisotopic (exact) mass is 340 g/mol. The molecular formula is C20H21ClN2O. The number of ether oxygens (including phenoxy) is 1. The van der Waals surface area contributed by atoms with Gasteiger partial charge in [-0.3, -0.25) is 0 Å². The van der Waals surface area contributed by atoms with Gasteiger partial charge in [0.1, 0.15) is 11.4 Å². The summed E-state index contributed by atoms with van der Waals surface area (Å²) in [5, 5.41) is 0.593. The molecule has 0 aromatic heterocycles. The summed E-state index contributed by atoms with van der Waals surface area (Å²) in [4.78, 5) is 2.44. The van der Waals surface area contributed by atoms with Gasteiger partial charge in [-0.15, -0.1) is 0 Å². The van der Waals surface area contributed by atoms with Crippen molar-refractivity contribution in [2.24, 2.45) is 0 Å². The largest absolute Gasteiger partial charge is 0.481 e. The van der Waals surface area contributed by atoms with Gasteiger partial charge >= 0.3 is 0 Å². The number of halogens is 1. The highest BCUT2D eigenvalue weighted by atomic mass is 35.5. The van der Waals surface area contributed by atoms with Gasteiger partial charge in [-0.1, -0.05) is 35.9 Å². The SMILES string of the molecule is Cc1ccccc1N1CCC2(C=Cc3cc(N)cc(Cl)c3O2)CC1. The third kappa shape index (κ3) is 2.63. The molecule has 0 bridgehead atoms. The van der Waals surface area contributed by atoms with Crippen molar-refractivity contribution in [3.8, 4) is 5.75 Å². The van der Waals surface area contributed by atoms with E-state index in [-0.39, 0.29) is 5.60 Å². The fourth-order valence-corrected chi connectivity index (χ4v) is 3.93. The lowest BCUT2D eigenvalue weighted by molar-refractivity contribution is 0.0894. The molecule has 0 atom stereocenters. The number of nitrogens with zero attached hydrogens (tertiary/aromatic N) is 1. The quantitative estimate of drug-likeness (QED) is 0.766. The Morgan fingerprint density at radius 1 is 1.17 bits per heavy atom. The number of nitrogens with two attached hydrogens (primary N) is 1. The zero-order chi connectivity index (χ0) is 16.7. The molecule has 1 fully saturated rings. The van der Waals surface area contributed by atoms with Gasteiger partial charge < -0.3 is 15.4 Å². The second-order valence-electron chi connectivity index (χ2n) is 6.69. The summed E-state index contributed by atoms with van der Waals surface area (Å²) in [7, 11) is 0. The van der Waals surface area contributed by atoms with Crippen LogP contribution in [0.1, 0.15) is 24.0 Å². The number of aryl methyl sites for hydroxylation is 1. The molecule has 3 nitrogen and oxygen atoms in total. The highest BCUT2D eigenvalue weighted by Gasteiger charge is 2.37. The molecule has 1 saturated heterocycles. The maximum absolute atomic E-state index is 6.36. The van der Waals surface area contributed by atoms with Crippen LogP contribution < -0.4 is 15.4 Å². The molecule has 2 N–H and O–H groups in total. The molecule has 2 heterocycles. The van der Waals surface area contributed by atoms with Crippen LogP contribution in [0.2, 0.25) is 5.02 Å². The molecular weight excluding hydrogens is 320 g/mol. The van der Waals surface area contributed by atoms with Crippen molar-refractivity contribution in [1.29, 1.82) is 0 Å². The van der Waals surface area contributed by atoms with Crippen LogP contribution in [-0.4, -0.2) is 18.7 Å². The van der Waals surface area contributed by atoms with E-state index in [2.05, 4.69) is 48.2 Å². The Hall–Kier alpha value is -2.13. The number of hydrogen-bond donors (Lipinski definition) is 1. The molecule has 2 aliphatic rings. The van der Waals surface area contributed by atoms with Gasteiger partial charge in [0.05, 0.1) is 5.02 Å². The first-order valence-corrected chi connectivity index (χ1v) is 8.72. The molecule has 1 spiro atoms. The number of hydrogen-bond acceptors (Lipinski definition) is 3. The second-order valence-corrected chi connectivity index (χ2v) is 7.10. The number of anilines is 2. The van der Waals surface area contributed by atoms with Crippen LogP contribution >= 0.6 is 11.6 Å². The summed E-state index contributed by atoms with van der Waals surface area (Å²) in [6.07, 6.45) is 6.17. The molecule has 4 rings (SSSR count). The van der Waals surface area contributed by atoms with Crippen molar-refractivity contribution in [2.45, 2.75) is 25.4 Å². The van der Waals surface area contributed by atoms with Gasteiger partial charge in [-0.05, 0) is 36.8 Å². The minimum atomic E-state index is -0.258. The summed E-state index contributed by atoms with van der Waals surface area (Å²) in [6, 6.07) is 12.2. The zero-order valence-electron chi connectivity index (χ0n) is 13.8. The van der Waals surface area contributed by atoms with Crippen LogP contribution in [0.4, 0.5) is 11.4 Å². The van der Waals surface area contributed by atoms with E-state index in [0.717, 1.165) is 37.2 Å². The molecule has 2 aliphatic heterocycles. The maximum atomic E-state index is 6.36. The van der Waals surface area contributed by atoms with E-state index in [1.807, 2.05) is 6.07 Å². The zero-order valence-corrected chi connectivity index (χ0v) is 14.5. The molecule has 0 unspecified atom stereocenters. The third-order valence-corrected chi connectivity index (χ3v) is 5.31. The smallest absolute Gasteiger partial charge is 0.146 e. The van der Waals surface area contributed by atoms with E-state index in [0.29, 0.717) is 10.7 Å². The van der Waals surface area contributed by atoms with Gasteiger partial charge in [0.25, 0.3) is 0 Å². The van der Waals surface area contributed by atoms with Gasteiger partial charge in [-0.25, -0.2) is 0 Å². The van der Waals surface area contributed by atoms with E-state index in [1.54, 1.807) is 6.07 Å². The van der Waals surface area contributed by atoms with Crippen molar-refractivity contribution in [3.05, 3.63) is 58.6 Å². The summed E-state index contributed by atoms with van der Waals surface area (Å²) < 4.78 is 6.36. The summed E-state index contributed by atoms with van der Waals surface area (Å²) in [5.41, 5.74) is 9.87. The van der Waals surface area contributed by atoms with E-state index in [1.165, 1.54) is 11.3 Å². The van der Waals surface area contributed by atoms with Crippen LogP contribution in [0.25, 0.3) is 6.08 Å². The van der Waals surface area contributed by atoms with Crippen LogP contribution in [0, 0.1) is 6.92 Å². The number of piperidine rings is 1. The van der Waals surface area contributed by atoms with E-state index < -0.39 is 0 Å². The lowest BCUT2D eigenvalue weighted by Crippen LogP contribution is -2.48. The minimum absolute atomic E-state index is 0.258. The predicted molar refractivity (Wildman–Crippen MR) is 101 cm³/mol. The fraction of sp³-hybridized carbons (Fsp3) is 0.300. The predicted octanol–water partition coefficient (Wildman–Crippen LogP) is 4.68. The number of para-hydroxylation sites is 1. The number of nitrogen functional groups attached to an aromatic ring is 1. The van der Waals surface area contributed by atoms with E-state index in [4.69, 9.17) is 22.1 Å². The number of benzene rings is 2. The standard InChI is InChI=1S/C20H21ClN2O/c1-14-4-2-3-5-18(14)23-10-8-20(9-11-23)7-6-15-12-16(22)13-17(21)19(15)24-20/h2-7,12-13H,8-11,22H2,1H3. The molecule has 0 saturated carbocycles. The first kappa shape index (κ1) is 15.4. The average molecular weight is 341 g/mol. The molecule has 0 amide bonds. The van der Waals surface area contributed by atoms with Crippen molar-refractivity contribution in [1.82, 2.24) is 0 Å². The fourth-order valence-electron chi connectivity index (χ4n) is 3.66. The van der Waals surface area contributed by atoms with Crippen molar-refractivity contribution in [2.75, 3.05) is 23.7 Å². The minimum Gasteiger partial charge on any atom is -0.481 e. The Bertz CT molecular complexity index is 807. The Morgan fingerprint density at radius 3 is 2.67 bits per heavy atom. The Kier molecular flexibility index (Phi) is 3.69. The van der Waals surface area contributed by atoms with Gasteiger partial charge in [-0.2, -0.15) is 0 Å². The highest BCUT2D eigenvalue weighted by Crippen LogP contribution is 2.42. The first-order valence-electron chi connectivity index (χ1n) is 8.34. The van der Waals surface area contributed by atoms with Crippen molar-refractivity contribution in [3.63, 3.8) is 0 Å². The Morgan fingerprint density at radius 2 is 1.92 bits per heavy atom. The van der Waals surface area contributed by atoms with Crippen molar-refractivity contribution >= 4 is 29.1 Å². The Balaban J connectivity index is 1.55. The van der Waals surface area contributed by atoms with Gasteiger partial charge in [0.15, 0.2) is 0 Å². The van der Waals surface area contributed by atoms with E-state index >= 15 is 0 Å². The summed E-state index contributed by atoms with van der Waals surface area (Å²) >= 11 is 6.35. The first-order chi connectivity index (χ1) is 11.6. The molecule has 2 aromatic carbocycles. The molecule has 4 heteroatoms. The summed E-state index contributed by atoms with van der Waals surface area (Å²) in [6.45, 7) is 4.10. The number of fused-ring (bicyclic) bond motifs is 1. The van der Waals surface area contributed by atoms with E-state index in [9.17, 15) is 0 Å². The van der Waals surface area contributed by atoms with Crippen LogP contribution in [0.5, 0.6) is 5.75 Å². The highest BCUT2D eigenvalue weighted by molar-refractivity contribution is 6.32. The van der Waals surface area contributed by atoms with Crippen LogP contribution in [0.3, 0.4) is 0 Å². The van der Waals surface area contributed by atoms with Gasteiger partial charge in [0.2, 0.25) is 0 Å². The second kappa shape index (κ2) is 5.75. The topological polar surface area (TPSA) is 38.5 Å². The average Bonchev–Trinajstić information content (AvgIpc) is 2.57. The van der Waals surface area contributed by atoms with Crippen LogP contribution in [0.15, 0.2) is 42.5 Å². The van der Waals surface area contributed by atoms with Crippen LogP contribution in [-0.2, 0) is 0 Å². The van der Waals surface area contributed by atoms with Gasteiger partial charge in [0, 0.05) is 42.9 Å². The molecule has 124 valence electrons. The molecule has 2 aromatic rings. The normalized spacial score (nSPS) is 18.3. The molecule has 0 radical (unpaired) electrons. The number of rotatable bonds is 1. The lowest BCUT2D eigenvalue weighted by Gasteiger charge is -2.43. The third-order valence-electron chi connectivity index (χ3n) is 5.03.